The lowest BCUT2D eigenvalue weighted by molar-refractivity contribution is 0.605. The molecule has 0 spiro atoms. The highest BCUT2D eigenvalue weighted by molar-refractivity contribution is 5.54. The summed E-state index contributed by atoms with van der Waals surface area (Å²) in [5.41, 5.74) is 3.82. The van der Waals surface area contributed by atoms with Crippen molar-refractivity contribution in [2.45, 2.75) is 33.2 Å². The van der Waals surface area contributed by atoms with Crippen LogP contribution in [0.5, 0.6) is 0 Å². The SMILES string of the molecule is CCn1nc(C)c2c1CCCN2. The molecular weight excluding hydrogens is 150 g/mol. The average molecular weight is 165 g/mol. The molecule has 12 heavy (non-hydrogen) atoms. The molecule has 2 rings (SSSR count). The maximum Gasteiger partial charge on any atom is 0.0828 e. The zero-order chi connectivity index (χ0) is 8.55. The van der Waals surface area contributed by atoms with Crippen LogP contribution in [0.1, 0.15) is 24.7 Å². The zero-order valence-electron chi connectivity index (χ0n) is 7.72. The summed E-state index contributed by atoms with van der Waals surface area (Å²) in [6.07, 6.45) is 2.41. The third-order valence-electron chi connectivity index (χ3n) is 2.42. The third-order valence-corrected chi connectivity index (χ3v) is 2.42. The number of anilines is 1. The Bertz CT molecular complexity index is 288. The van der Waals surface area contributed by atoms with E-state index in [4.69, 9.17) is 0 Å². The van der Waals surface area contributed by atoms with E-state index in [1.165, 1.54) is 24.2 Å². The van der Waals surface area contributed by atoms with E-state index in [0.717, 1.165) is 18.8 Å². The molecular formula is C9H15N3. The first-order chi connectivity index (χ1) is 5.83. The Morgan fingerprint density at radius 3 is 3.17 bits per heavy atom. The second kappa shape index (κ2) is 2.81. The first-order valence-electron chi connectivity index (χ1n) is 4.63. The Balaban J connectivity index is 2.47. The van der Waals surface area contributed by atoms with Crippen molar-refractivity contribution in [2.75, 3.05) is 11.9 Å². The van der Waals surface area contributed by atoms with E-state index in [2.05, 4.69) is 28.9 Å². The van der Waals surface area contributed by atoms with Gasteiger partial charge in [-0.05, 0) is 26.7 Å². The molecule has 3 heteroatoms. The fraction of sp³-hybridized carbons (Fsp3) is 0.667. The number of hydrogen-bond donors (Lipinski definition) is 1. The molecule has 1 aliphatic heterocycles. The van der Waals surface area contributed by atoms with E-state index in [-0.39, 0.29) is 0 Å². The summed E-state index contributed by atoms with van der Waals surface area (Å²) in [5, 5.41) is 7.87. The first-order valence-corrected chi connectivity index (χ1v) is 4.63. The number of aromatic nitrogens is 2. The topological polar surface area (TPSA) is 29.9 Å². The van der Waals surface area contributed by atoms with E-state index in [9.17, 15) is 0 Å². The molecule has 0 saturated carbocycles. The van der Waals surface area contributed by atoms with Crippen LogP contribution in [0.25, 0.3) is 0 Å². The van der Waals surface area contributed by atoms with Crippen molar-refractivity contribution in [2.24, 2.45) is 0 Å². The van der Waals surface area contributed by atoms with Gasteiger partial charge in [-0.15, -0.1) is 0 Å². The quantitative estimate of drug-likeness (QED) is 0.684. The smallest absolute Gasteiger partial charge is 0.0828 e. The van der Waals surface area contributed by atoms with Crippen molar-refractivity contribution < 1.29 is 0 Å². The monoisotopic (exact) mass is 165 g/mol. The number of hydrogen-bond acceptors (Lipinski definition) is 2. The molecule has 1 N–H and O–H groups in total. The van der Waals surface area contributed by atoms with Crippen LogP contribution in [0.2, 0.25) is 0 Å². The minimum Gasteiger partial charge on any atom is -0.382 e. The van der Waals surface area contributed by atoms with Crippen LogP contribution in [-0.4, -0.2) is 16.3 Å². The molecule has 0 amide bonds. The second-order valence-corrected chi connectivity index (χ2v) is 3.25. The summed E-state index contributed by atoms with van der Waals surface area (Å²) < 4.78 is 2.11. The van der Waals surface area contributed by atoms with Crippen LogP contribution < -0.4 is 5.32 Å². The Kier molecular flexibility index (Phi) is 1.79. The second-order valence-electron chi connectivity index (χ2n) is 3.25. The minimum absolute atomic E-state index is 0.984. The van der Waals surface area contributed by atoms with Crippen LogP contribution in [0, 0.1) is 6.92 Å². The Morgan fingerprint density at radius 1 is 1.58 bits per heavy atom. The van der Waals surface area contributed by atoms with Gasteiger partial charge in [0.05, 0.1) is 17.1 Å². The zero-order valence-corrected chi connectivity index (χ0v) is 7.72. The summed E-state index contributed by atoms with van der Waals surface area (Å²) in [7, 11) is 0. The van der Waals surface area contributed by atoms with Gasteiger partial charge in [0.1, 0.15) is 0 Å². The standard InChI is InChI=1S/C9H15N3/c1-3-12-8-5-4-6-10-9(8)7(2)11-12/h10H,3-6H2,1-2H3. The van der Waals surface area contributed by atoms with Crippen LogP contribution in [-0.2, 0) is 13.0 Å². The molecule has 2 heterocycles. The fourth-order valence-corrected chi connectivity index (χ4v) is 1.84. The molecule has 0 aliphatic carbocycles. The predicted molar refractivity (Wildman–Crippen MR) is 49.4 cm³/mol. The average Bonchev–Trinajstić information content (AvgIpc) is 2.44. The Hall–Kier alpha value is -0.990. The van der Waals surface area contributed by atoms with Gasteiger partial charge in [0.2, 0.25) is 0 Å². The van der Waals surface area contributed by atoms with Crippen molar-refractivity contribution >= 4 is 5.69 Å². The van der Waals surface area contributed by atoms with Gasteiger partial charge in [0, 0.05) is 13.1 Å². The van der Waals surface area contributed by atoms with Gasteiger partial charge >= 0.3 is 0 Å². The number of nitrogens with zero attached hydrogens (tertiary/aromatic N) is 2. The largest absolute Gasteiger partial charge is 0.382 e. The lowest BCUT2D eigenvalue weighted by Gasteiger charge is -2.15. The molecule has 0 atom stereocenters. The summed E-state index contributed by atoms with van der Waals surface area (Å²) in [5.74, 6) is 0. The van der Waals surface area contributed by atoms with Gasteiger partial charge in [0.25, 0.3) is 0 Å². The summed E-state index contributed by atoms with van der Waals surface area (Å²) in [6, 6.07) is 0. The predicted octanol–water partition coefficient (Wildman–Crippen LogP) is 1.57. The van der Waals surface area contributed by atoms with Crippen molar-refractivity contribution in [3.63, 3.8) is 0 Å². The number of nitrogens with one attached hydrogen (secondary N) is 1. The van der Waals surface area contributed by atoms with Gasteiger partial charge in [-0.1, -0.05) is 0 Å². The van der Waals surface area contributed by atoms with Crippen LogP contribution in [0.4, 0.5) is 5.69 Å². The number of aryl methyl sites for hydroxylation is 2. The molecule has 0 fully saturated rings. The molecule has 0 saturated heterocycles. The molecule has 0 radical (unpaired) electrons. The van der Waals surface area contributed by atoms with E-state index in [1.54, 1.807) is 0 Å². The highest BCUT2D eigenvalue weighted by Gasteiger charge is 2.16. The van der Waals surface area contributed by atoms with Crippen molar-refractivity contribution in [1.29, 1.82) is 0 Å². The summed E-state index contributed by atoms with van der Waals surface area (Å²) in [4.78, 5) is 0. The van der Waals surface area contributed by atoms with Crippen molar-refractivity contribution in [3.05, 3.63) is 11.4 Å². The van der Waals surface area contributed by atoms with E-state index >= 15 is 0 Å². The van der Waals surface area contributed by atoms with Crippen molar-refractivity contribution in [1.82, 2.24) is 9.78 Å². The maximum atomic E-state index is 4.46. The van der Waals surface area contributed by atoms with Gasteiger partial charge in [-0.3, -0.25) is 4.68 Å². The summed E-state index contributed by atoms with van der Waals surface area (Å²) in [6.45, 7) is 6.30. The minimum atomic E-state index is 0.984. The van der Waals surface area contributed by atoms with E-state index in [0.29, 0.717) is 0 Å². The van der Waals surface area contributed by atoms with Crippen molar-refractivity contribution in [3.8, 4) is 0 Å². The fourth-order valence-electron chi connectivity index (χ4n) is 1.84. The van der Waals surface area contributed by atoms with Crippen LogP contribution in [0.3, 0.4) is 0 Å². The molecule has 1 aliphatic rings. The van der Waals surface area contributed by atoms with E-state index in [1.807, 2.05) is 0 Å². The highest BCUT2D eigenvalue weighted by Crippen LogP contribution is 2.24. The van der Waals surface area contributed by atoms with Gasteiger partial charge in [-0.2, -0.15) is 5.10 Å². The third kappa shape index (κ3) is 1.00. The molecule has 0 aromatic carbocycles. The normalized spacial score (nSPS) is 15.5. The van der Waals surface area contributed by atoms with Crippen LogP contribution >= 0.6 is 0 Å². The summed E-state index contributed by atoms with van der Waals surface area (Å²) >= 11 is 0. The number of rotatable bonds is 1. The molecule has 0 unspecified atom stereocenters. The lowest BCUT2D eigenvalue weighted by atomic mass is 10.1. The lowest BCUT2D eigenvalue weighted by Crippen LogP contribution is -2.14. The molecule has 1 aromatic heterocycles. The molecule has 66 valence electrons. The Morgan fingerprint density at radius 2 is 2.42 bits per heavy atom. The van der Waals surface area contributed by atoms with E-state index < -0.39 is 0 Å². The van der Waals surface area contributed by atoms with Gasteiger partial charge in [0.15, 0.2) is 0 Å². The molecule has 0 bridgehead atoms. The van der Waals surface area contributed by atoms with Crippen LogP contribution in [0.15, 0.2) is 0 Å². The number of fused-ring (bicyclic) bond motifs is 1. The van der Waals surface area contributed by atoms with Gasteiger partial charge in [-0.25, -0.2) is 0 Å². The maximum absolute atomic E-state index is 4.46. The molecule has 3 nitrogen and oxygen atoms in total. The molecule has 1 aromatic rings. The first kappa shape index (κ1) is 7.65. The Labute approximate surface area is 72.8 Å². The highest BCUT2D eigenvalue weighted by atomic mass is 15.3. The van der Waals surface area contributed by atoms with Gasteiger partial charge < -0.3 is 5.32 Å².